The van der Waals surface area contributed by atoms with Crippen LogP contribution in [0.3, 0.4) is 0 Å². The van der Waals surface area contributed by atoms with Crippen LogP contribution in [0.25, 0.3) is 0 Å². The molecule has 1 N–H and O–H groups in total. The van der Waals surface area contributed by atoms with Crippen LogP contribution in [0.4, 0.5) is 0 Å². The molecule has 0 spiro atoms. The average Bonchev–Trinajstić information content (AvgIpc) is 3.06. The van der Waals surface area contributed by atoms with Gasteiger partial charge in [-0.25, -0.2) is 0 Å². The third-order valence-corrected chi connectivity index (χ3v) is 10.7. The molecule has 4 aliphatic rings. The van der Waals surface area contributed by atoms with E-state index in [2.05, 4.69) is 59.8 Å². The highest BCUT2D eigenvalue weighted by Gasteiger charge is 2.57. The summed E-state index contributed by atoms with van der Waals surface area (Å²) in [5, 5.41) is 10.3. The SMILES string of the molecule is CC[C@@H](/C=C/[C@@H](C)[C@H]1CC[C@@H]2C3=CC[C@H]4C[C@@H](O)CC[C@]4(C)[C@@H]3CC[C@]21C)C(C)C. The van der Waals surface area contributed by atoms with Crippen molar-refractivity contribution in [2.75, 3.05) is 0 Å². The van der Waals surface area contributed by atoms with Gasteiger partial charge in [-0.15, -0.1) is 0 Å². The number of aliphatic hydroxyl groups is 1. The number of fused-ring (bicyclic) bond motifs is 5. The number of allylic oxidation sites excluding steroid dienone is 4. The van der Waals surface area contributed by atoms with Crippen molar-refractivity contribution in [1.82, 2.24) is 0 Å². The van der Waals surface area contributed by atoms with Crippen LogP contribution >= 0.6 is 0 Å². The lowest BCUT2D eigenvalue weighted by Gasteiger charge is -2.57. The highest BCUT2D eigenvalue weighted by atomic mass is 16.3. The molecule has 0 aliphatic heterocycles. The molecular formula is C29H48O. The Hall–Kier alpha value is -0.560. The molecule has 0 radical (unpaired) electrons. The maximum Gasteiger partial charge on any atom is 0.0543 e. The zero-order valence-corrected chi connectivity index (χ0v) is 20.7. The van der Waals surface area contributed by atoms with Gasteiger partial charge in [0.25, 0.3) is 0 Å². The molecule has 0 aromatic heterocycles. The zero-order chi connectivity index (χ0) is 21.7. The van der Waals surface area contributed by atoms with E-state index in [0.29, 0.717) is 22.7 Å². The molecule has 1 heteroatoms. The van der Waals surface area contributed by atoms with Gasteiger partial charge in [0.2, 0.25) is 0 Å². The molecule has 30 heavy (non-hydrogen) atoms. The predicted octanol–water partition coefficient (Wildman–Crippen LogP) is 7.80. The second kappa shape index (κ2) is 8.42. The summed E-state index contributed by atoms with van der Waals surface area (Å²) in [6.07, 6.45) is 19.2. The first-order chi connectivity index (χ1) is 14.2. The van der Waals surface area contributed by atoms with E-state index in [1.165, 1.54) is 44.9 Å². The molecule has 9 atom stereocenters. The molecule has 0 unspecified atom stereocenters. The lowest BCUT2D eigenvalue weighted by atomic mass is 9.47. The minimum Gasteiger partial charge on any atom is -0.393 e. The van der Waals surface area contributed by atoms with Gasteiger partial charge in [-0.05, 0) is 110 Å². The van der Waals surface area contributed by atoms with Crippen LogP contribution in [0.1, 0.15) is 99.3 Å². The molecule has 3 fully saturated rings. The average molecular weight is 413 g/mol. The van der Waals surface area contributed by atoms with Gasteiger partial charge in [0.15, 0.2) is 0 Å². The van der Waals surface area contributed by atoms with E-state index in [4.69, 9.17) is 0 Å². The summed E-state index contributed by atoms with van der Waals surface area (Å²) in [6.45, 7) is 14.8. The maximum absolute atomic E-state index is 10.3. The molecule has 0 aromatic carbocycles. The van der Waals surface area contributed by atoms with Gasteiger partial charge in [-0.2, -0.15) is 0 Å². The summed E-state index contributed by atoms with van der Waals surface area (Å²) in [6, 6.07) is 0. The molecule has 1 nitrogen and oxygen atoms in total. The number of aliphatic hydroxyl groups excluding tert-OH is 1. The van der Waals surface area contributed by atoms with Crippen molar-refractivity contribution in [2.45, 2.75) is 105 Å². The highest BCUT2D eigenvalue weighted by Crippen LogP contribution is 2.66. The standard InChI is InChI=1S/C29H48O/c1-7-21(19(2)3)9-8-20(4)25-12-13-26-24-11-10-22-18-23(30)14-16-28(22,5)27(24)15-17-29(25,26)6/h8-9,11,19-23,25-27,30H,7,10,12-18H2,1-6H3/b9-8+/t20-,21+,22+,23+,25-,26-,27-,28+,29+/m1/s1. The van der Waals surface area contributed by atoms with Gasteiger partial charge in [0, 0.05) is 0 Å². The topological polar surface area (TPSA) is 20.2 Å². The monoisotopic (exact) mass is 412 g/mol. The Morgan fingerprint density at radius 2 is 1.70 bits per heavy atom. The van der Waals surface area contributed by atoms with Gasteiger partial charge in [-0.3, -0.25) is 0 Å². The molecule has 170 valence electrons. The lowest BCUT2D eigenvalue weighted by molar-refractivity contribution is -0.0414. The second-order valence-electron chi connectivity index (χ2n) is 12.5. The Kier molecular flexibility index (Phi) is 6.35. The van der Waals surface area contributed by atoms with Gasteiger partial charge >= 0.3 is 0 Å². The van der Waals surface area contributed by atoms with Crippen LogP contribution in [-0.2, 0) is 0 Å². The van der Waals surface area contributed by atoms with E-state index in [1.54, 1.807) is 0 Å². The molecule has 0 heterocycles. The molecule has 0 saturated heterocycles. The van der Waals surface area contributed by atoms with Gasteiger partial charge < -0.3 is 5.11 Å². The summed E-state index contributed by atoms with van der Waals surface area (Å²) in [7, 11) is 0. The van der Waals surface area contributed by atoms with E-state index < -0.39 is 0 Å². The van der Waals surface area contributed by atoms with Gasteiger partial charge in [-0.1, -0.05) is 65.3 Å². The lowest BCUT2D eigenvalue weighted by Crippen LogP contribution is -2.49. The molecule has 3 saturated carbocycles. The summed E-state index contributed by atoms with van der Waals surface area (Å²) < 4.78 is 0. The Labute approximate surface area is 186 Å². The minimum atomic E-state index is -0.0480. The van der Waals surface area contributed by atoms with E-state index in [9.17, 15) is 5.11 Å². The molecule has 0 bridgehead atoms. The normalized spacial score (nSPS) is 45.6. The smallest absolute Gasteiger partial charge is 0.0543 e. The number of hydrogen-bond acceptors (Lipinski definition) is 1. The van der Waals surface area contributed by atoms with Gasteiger partial charge in [0.1, 0.15) is 0 Å². The zero-order valence-electron chi connectivity index (χ0n) is 20.7. The van der Waals surface area contributed by atoms with Crippen molar-refractivity contribution in [1.29, 1.82) is 0 Å². The van der Waals surface area contributed by atoms with Crippen LogP contribution in [0, 0.1) is 52.3 Å². The summed E-state index contributed by atoms with van der Waals surface area (Å²) in [4.78, 5) is 0. The number of hydrogen-bond donors (Lipinski definition) is 1. The molecule has 0 amide bonds. The number of rotatable bonds is 5. The van der Waals surface area contributed by atoms with Crippen LogP contribution in [0.15, 0.2) is 23.8 Å². The fourth-order valence-electron chi connectivity index (χ4n) is 8.68. The maximum atomic E-state index is 10.3. The largest absolute Gasteiger partial charge is 0.393 e. The van der Waals surface area contributed by atoms with Crippen LogP contribution in [0.2, 0.25) is 0 Å². The van der Waals surface area contributed by atoms with Crippen molar-refractivity contribution in [3.63, 3.8) is 0 Å². The van der Waals surface area contributed by atoms with Crippen LogP contribution in [0.5, 0.6) is 0 Å². The molecule has 4 rings (SSSR count). The quantitative estimate of drug-likeness (QED) is 0.457. The minimum absolute atomic E-state index is 0.0480. The Bertz CT molecular complexity index is 674. The first-order valence-corrected chi connectivity index (χ1v) is 13.3. The van der Waals surface area contributed by atoms with Crippen LogP contribution in [-0.4, -0.2) is 11.2 Å². The Morgan fingerprint density at radius 1 is 1.00 bits per heavy atom. The summed E-state index contributed by atoms with van der Waals surface area (Å²) in [5.41, 5.74) is 2.79. The van der Waals surface area contributed by atoms with Crippen molar-refractivity contribution in [3.05, 3.63) is 23.8 Å². The predicted molar refractivity (Wildman–Crippen MR) is 128 cm³/mol. The molecular weight excluding hydrogens is 364 g/mol. The van der Waals surface area contributed by atoms with Gasteiger partial charge in [0.05, 0.1) is 6.10 Å². The van der Waals surface area contributed by atoms with E-state index >= 15 is 0 Å². The van der Waals surface area contributed by atoms with Crippen molar-refractivity contribution in [2.24, 2.45) is 52.3 Å². The fraction of sp³-hybridized carbons (Fsp3) is 0.862. The van der Waals surface area contributed by atoms with E-state index in [1.807, 2.05) is 5.57 Å². The molecule has 4 aliphatic carbocycles. The van der Waals surface area contributed by atoms with Crippen LogP contribution < -0.4 is 0 Å². The first kappa shape index (κ1) is 22.6. The highest BCUT2D eigenvalue weighted by molar-refractivity contribution is 5.28. The fourth-order valence-corrected chi connectivity index (χ4v) is 8.68. The van der Waals surface area contributed by atoms with Crippen molar-refractivity contribution in [3.8, 4) is 0 Å². The first-order valence-electron chi connectivity index (χ1n) is 13.3. The van der Waals surface area contributed by atoms with Crippen molar-refractivity contribution < 1.29 is 5.11 Å². The van der Waals surface area contributed by atoms with E-state index in [-0.39, 0.29) is 6.10 Å². The molecule has 0 aromatic rings. The summed E-state index contributed by atoms with van der Waals surface area (Å²) in [5.74, 6) is 5.32. The van der Waals surface area contributed by atoms with Crippen molar-refractivity contribution >= 4 is 0 Å². The third kappa shape index (κ3) is 3.66. The Balaban J connectivity index is 1.53. The Morgan fingerprint density at radius 3 is 2.40 bits per heavy atom. The summed E-state index contributed by atoms with van der Waals surface area (Å²) >= 11 is 0. The third-order valence-electron chi connectivity index (χ3n) is 10.7. The van der Waals surface area contributed by atoms with E-state index in [0.717, 1.165) is 42.4 Å². The second-order valence-corrected chi connectivity index (χ2v) is 12.5.